The lowest BCUT2D eigenvalue weighted by atomic mass is 9.99. The number of hydrogen-bond acceptors (Lipinski definition) is 4. The quantitative estimate of drug-likeness (QED) is 0.516. The predicted octanol–water partition coefficient (Wildman–Crippen LogP) is 5.44. The molecule has 1 N–H and O–H groups in total. The first kappa shape index (κ1) is 19.9. The van der Waals surface area contributed by atoms with Gasteiger partial charge in [-0.3, -0.25) is 4.99 Å². The van der Waals surface area contributed by atoms with Crippen LogP contribution in [-0.2, 0) is 0 Å². The highest BCUT2D eigenvalue weighted by Crippen LogP contribution is 2.26. The average Bonchev–Trinajstić information content (AvgIpc) is 2.62. The van der Waals surface area contributed by atoms with E-state index in [1.807, 2.05) is 6.92 Å². The summed E-state index contributed by atoms with van der Waals surface area (Å²) in [6.07, 6.45) is 1.30. The van der Waals surface area contributed by atoms with Crippen LogP contribution in [0.2, 0.25) is 5.02 Å². The molecule has 0 radical (unpaired) electrons. The molecule has 26 heavy (non-hydrogen) atoms. The Kier molecular flexibility index (Phi) is 7.16. The van der Waals surface area contributed by atoms with Crippen molar-refractivity contribution in [2.24, 2.45) is 4.99 Å². The summed E-state index contributed by atoms with van der Waals surface area (Å²) in [6, 6.07) is 9.80. The highest BCUT2D eigenvalue weighted by Gasteiger charge is 2.15. The van der Waals surface area contributed by atoms with Gasteiger partial charge in [-0.05, 0) is 49.7 Å². The van der Waals surface area contributed by atoms with Crippen molar-refractivity contribution in [1.29, 1.82) is 5.41 Å². The van der Waals surface area contributed by atoms with E-state index in [9.17, 15) is 4.39 Å². The Morgan fingerprint density at radius 1 is 1.19 bits per heavy atom. The summed E-state index contributed by atoms with van der Waals surface area (Å²) in [5.41, 5.74) is 1.18. The molecule has 0 aromatic heterocycles. The van der Waals surface area contributed by atoms with Gasteiger partial charge in [-0.1, -0.05) is 24.9 Å². The van der Waals surface area contributed by atoms with Crippen LogP contribution in [0.5, 0.6) is 11.5 Å². The largest absolute Gasteiger partial charge is 0.484 e. The van der Waals surface area contributed by atoms with Gasteiger partial charge in [-0.2, -0.15) is 0 Å². The molecular formula is C20H22ClFN2O2. The van der Waals surface area contributed by atoms with Gasteiger partial charge in [-0.25, -0.2) is 4.39 Å². The molecule has 0 bridgehead atoms. The van der Waals surface area contributed by atoms with Crippen molar-refractivity contribution in [3.05, 3.63) is 58.4 Å². The van der Waals surface area contributed by atoms with E-state index in [1.54, 1.807) is 44.3 Å². The molecule has 4 nitrogen and oxygen atoms in total. The zero-order chi connectivity index (χ0) is 19.1. The Labute approximate surface area is 158 Å². The number of halogens is 2. The molecule has 2 aromatic rings. The zero-order valence-corrected chi connectivity index (χ0v) is 15.9. The fourth-order valence-electron chi connectivity index (χ4n) is 2.48. The second-order valence-corrected chi connectivity index (χ2v) is 6.17. The maximum Gasteiger partial charge on any atom is 0.227 e. The number of nitrogens with one attached hydrogen (secondary N) is 1. The maximum absolute atomic E-state index is 14.1. The van der Waals surface area contributed by atoms with Gasteiger partial charge < -0.3 is 14.9 Å². The lowest BCUT2D eigenvalue weighted by Crippen LogP contribution is -2.19. The van der Waals surface area contributed by atoms with Gasteiger partial charge in [0.15, 0.2) is 6.61 Å². The Balaban J connectivity index is 2.11. The number of benzene rings is 2. The summed E-state index contributed by atoms with van der Waals surface area (Å²) in [4.78, 5) is 4.08. The molecule has 0 unspecified atom stereocenters. The molecule has 0 saturated carbocycles. The van der Waals surface area contributed by atoms with Gasteiger partial charge in [0.1, 0.15) is 17.3 Å². The summed E-state index contributed by atoms with van der Waals surface area (Å²) in [6.45, 7) is 3.80. The molecule has 138 valence electrons. The monoisotopic (exact) mass is 376 g/mol. The lowest BCUT2D eigenvalue weighted by Gasteiger charge is -2.15. The topological polar surface area (TPSA) is 54.7 Å². The summed E-state index contributed by atoms with van der Waals surface area (Å²) >= 11 is 5.86. The lowest BCUT2D eigenvalue weighted by molar-refractivity contribution is 0.345. The smallest absolute Gasteiger partial charge is 0.227 e. The van der Waals surface area contributed by atoms with Crippen molar-refractivity contribution in [3.63, 3.8) is 0 Å². The van der Waals surface area contributed by atoms with Gasteiger partial charge in [-0.15, -0.1) is 0 Å². The Morgan fingerprint density at radius 3 is 2.50 bits per heavy atom. The number of nitrogens with zero attached hydrogens (tertiary/aromatic N) is 1. The van der Waals surface area contributed by atoms with E-state index in [0.717, 1.165) is 6.42 Å². The minimum atomic E-state index is -0.407. The SMILES string of the molecule is CCCC(=N)c1c(F)ccc(OCC(=NC)Oc2ccc(Cl)cc2)c1C. The molecule has 0 aliphatic rings. The second kappa shape index (κ2) is 9.34. The molecular weight excluding hydrogens is 355 g/mol. The summed E-state index contributed by atoms with van der Waals surface area (Å²) in [7, 11) is 1.61. The van der Waals surface area contributed by atoms with Crippen molar-refractivity contribution in [2.45, 2.75) is 26.7 Å². The molecule has 2 rings (SSSR count). The van der Waals surface area contributed by atoms with Crippen LogP contribution in [0.3, 0.4) is 0 Å². The standard InChI is InChI=1S/C20H22ClFN2O2/c1-4-5-17(23)20-13(2)18(11-10-16(20)22)25-12-19(24-3)26-15-8-6-14(21)7-9-15/h6-11,23H,4-5,12H2,1-3H3. The van der Waals surface area contributed by atoms with Gasteiger partial charge in [0.05, 0.1) is 0 Å². The average molecular weight is 377 g/mol. The van der Waals surface area contributed by atoms with E-state index in [0.29, 0.717) is 40.0 Å². The number of ether oxygens (including phenoxy) is 2. The van der Waals surface area contributed by atoms with Crippen LogP contribution in [0.4, 0.5) is 4.39 Å². The molecule has 0 amide bonds. The first-order chi connectivity index (χ1) is 12.5. The van der Waals surface area contributed by atoms with Gasteiger partial charge in [0.25, 0.3) is 0 Å². The third kappa shape index (κ3) is 5.05. The van der Waals surface area contributed by atoms with E-state index < -0.39 is 5.82 Å². The van der Waals surface area contributed by atoms with Crippen LogP contribution >= 0.6 is 11.6 Å². The van der Waals surface area contributed by atoms with Crippen molar-refractivity contribution in [2.75, 3.05) is 13.7 Å². The van der Waals surface area contributed by atoms with E-state index >= 15 is 0 Å². The van der Waals surface area contributed by atoms with Crippen LogP contribution < -0.4 is 9.47 Å². The second-order valence-electron chi connectivity index (χ2n) is 5.74. The third-order valence-electron chi connectivity index (χ3n) is 3.82. The van der Waals surface area contributed by atoms with Crippen LogP contribution in [-0.4, -0.2) is 25.3 Å². The first-order valence-corrected chi connectivity index (χ1v) is 8.72. The fraction of sp³-hybridized carbons (Fsp3) is 0.300. The number of aliphatic imine (C=N–C) groups is 1. The number of rotatable bonds is 7. The van der Waals surface area contributed by atoms with Crippen LogP contribution in [0.15, 0.2) is 41.4 Å². The van der Waals surface area contributed by atoms with Crippen molar-refractivity contribution >= 4 is 23.2 Å². The molecule has 0 spiro atoms. The zero-order valence-electron chi connectivity index (χ0n) is 15.1. The molecule has 0 heterocycles. The van der Waals surface area contributed by atoms with Crippen molar-refractivity contribution in [1.82, 2.24) is 0 Å². The minimum Gasteiger partial charge on any atom is -0.484 e. The third-order valence-corrected chi connectivity index (χ3v) is 4.07. The molecule has 2 aromatic carbocycles. The van der Waals surface area contributed by atoms with Crippen LogP contribution in [0, 0.1) is 18.2 Å². The van der Waals surface area contributed by atoms with E-state index in [4.69, 9.17) is 26.5 Å². The first-order valence-electron chi connectivity index (χ1n) is 8.35. The van der Waals surface area contributed by atoms with E-state index in [-0.39, 0.29) is 12.3 Å². The Morgan fingerprint density at radius 2 is 1.88 bits per heavy atom. The van der Waals surface area contributed by atoms with Gasteiger partial charge in [0, 0.05) is 28.9 Å². The highest BCUT2D eigenvalue weighted by molar-refractivity contribution is 6.30. The van der Waals surface area contributed by atoms with E-state index in [1.165, 1.54) is 6.07 Å². The van der Waals surface area contributed by atoms with Crippen LogP contribution in [0.1, 0.15) is 30.9 Å². The molecule has 0 atom stereocenters. The molecule has 0 aliphatic carbocycles. The molecule has 6 heteroatoms. The fourth-order valence-corrected chi connectivity index (χ4v) is 2.61. The van der Waals surface area contributed by atoms with Crippen molar-refractivity contribution in [3.8, 4) is 11.5 Å². The predicted molar refractivity (Wildman–Crippen MR) is 104 cm³/mol. The molecule has 0 aliphatic heterocycles. The van der Waals surface area contributed by atoms with E-state index in [2.05, 4.69) is 4.99 Å². The minimum absolute atomic E-state index is 0.0894. The van der Waals surface area contributed by atoms with Gasteiger partial charge in [0.2, 0.25) is 5.90 Å². The summed E-state index contributed by atoms with van der Waals surface area (Å²) < 4.78 is 25.6. The Bertz CT molecular complexity index is 804. The normalized spacial score (nSPS) is 11.3. The van der Waals surface area contributed by atoms with Crippen LogP contribution in [0.25, 0.3) is 0 Å². The van der Waals surface area contributed by atoms with Crippen molar-refractivity contribution < 1.29 is 13.9 Å². The summed E-state index contributed by atoms with van der Waals surface area (Å²) in [5.74, 6) is 1.07. The summed E-state index contributed by atoms with van der Waals surface area (Å²) in [5, 5.41) is 8.69. The van der Waals surface area contributed by atoms with Gasteiger partial charge >= 0.3 is 0 Å². The molecule has 0 saturated heterocycles. The molecule has 0 fully saturated rings. The maximum atomic E-state index is 14.1. The highest BCUT2D eigenvalue weighted by atomic mass is 35.5. The number of hydrogen-bond donors (Lipinski definition) is 1. The Hall–Kier alpha value is -2.40.